The third-order valence-electron chi connectivity index (χ3n) is 4.01. The number of ether oxygens (including phenoxy) is 2. The first kappa shape index (κ1) is 14.7. The Hall–Kier alpha value is -2.89. The molecule has 1 aliphatic heterocycles. The lowest BCUT2D eigenvalue weighted by molar-refractivity contribution is -0.150. The summed E-state index contributed by atoms with van der Waals surface area (Å²) < 4.78 is 30.0. The maximum absolute atomic E-state index is 14.0. The molecule has 0 amide bonds. The first-order valence-corrected chi connectivity index (χ1v) is 7.68. The van der Waals surface area contributed by atoms with Gasteiger partial charge in [0.2, 0.25) is 0 Å². The van der Waals surface area contributed by atoms with Crippen LogP contribution in [0.1, 0.15) is 12.5 Å². The highest BCUT2D eigenvalue weighted by molar-refractivity contribution is 5.93. The minimum atomic E-state index is -0.656. The number of esters is 1. The Bertz CT molecular complexity index is 934. The molecule has 3 aromatic rings. The first-order chi connectivity index (χ1) is 11.7. The molecule has 0 radical (unpaired) electrons. The second kappa shape index (κ2) is 5.63. The van der Waals surface area contributed by atoms with Gasteiger partial charge in [-0.05, 0) is 30.7 Å². The van der Waals surface area contributed by atoms with E-state index in [4.69, 9.17) is 14.0 Å². The van der Waals surface area contributed by atoms with E-state index in [2.05, 4.69) is 5.16 Å². The SMILES string of the molecule is CCOC(=O)C1Cc2cc3c(-c4ccccc4F)noc3cc2O1. The molecular weight excluding hydrogens is 313 g/mol. The van der Waals surface area contributed by atoms with Gasteiger partial charge in [-0.3, -0.25) is 0 Å². The van der Waals surface area contributed by atoms with Crippen molar-refractivity contribution in [3.63, 3.8) is 0 Å². The van der Waals surface area contributed by atoms with Gasteiger partial charge in [0, 0.05) is 18.1 Å². The molecule has 6 heteroatoms. The van der Waals surface area contributed by atoms with Crippen molar-refractivity contribution in [3.8, 4) is 17.0 Å². The fourth-order valence-electron chi connectivity index (χ4n) is 2.89. The van der Waals surface area contributed by atoms with E-state index < -0.39 is 12.1 Å². The number of hydrogen-bond acceptors (Lipinski definition) is 5. The average molecular weight is 327 g/mol. The molecule has 0 saturated carbocycles. The number of hydrogen-bond donors (Lipinski definition) is 0. The molecule has 0 fully saturated rings. The summed E-state index contributed by atoms with van der Waals surface area (Å²) in [6, 6.07) is 9.91. The van der Waals surface area contributed by atoms with Crippen LogP contribution in [0.15, 0.2) is 40.9 Å². The predicted octanol–water partition coefficient (Wildman–Crippen LogP) is 3.50. The fourth-order valence-corrected chi connectivity index (χ4v) is 2.89. The van der Waals surface area contributed by atoms with E-state index >= 15 is 0 Å². The van der Waals surface area contributed by atoms with E-state index in [0.717, 1.165) is 5.56 Å². The molecule has 1 unspecified atom stereocenters. The van der Waals surface area contributed by atoms with Gasteiger partial charge >= 0.3 is 5.97 Å². The second-order valence-corrected chi connectivity index (χ2v) is 5.53. The predicted molar refractivity (Wildman–Crippen MR) is 84.2 cm³/mol. The van der Waals surface area contributed by atoms with E-state index in [9.17, 15) is 9.18 Å². The summed E-state index contributed by atoms with van der Waals surface area (Å²) in [6.07, 6.45) is -0.247. The van der Waals surface area contributed by atoms with E-state index in [1.165, 1.54) is 6.07 Å². The summed E-state index contributed by atoms with van der Waals surface area (Å²) in [6.45, 7) is 2.05. The van der Waals surface area contributed by atoms with Crippen molar-refractivity contribution in [3.05, 3.63) is 47.8 Å². The molecule has 0 N–H and O–H groups in total. The number of aromatic nitrogens is 1. The van der Waals surface area contributed by atoms with Crippen LogP contribution in [0.25, 0.3) is 22.2 Å². The van der Waals surface area contributed by atoms with Crippen LogP contribution in [0.4, 0.5) is 4.39 Å². The number of halogens is 1. The zero-order valence-electron chi connectivity index (χ0n) is 12.9. The molecule has 4 rings (SSSR count). The topological polar surface area (TPSA) is 61.6 Å². The molecule has 0 bridgehead atoms. The fraction of sp³-hybridized carbons (Fsp3) is 0.222. The Morgan fingerprint density at radius 1 is 1.38 bits per heavy atom. The van der Waals surface area contributed by atoms with Gasteiger partial charge in [0.15, 0.2) is 11.7 Å². The summed E-state index contributed by atoms with van der Waals surface area (Å²) in [5.41, 5.74) is 2.14. The van der Waals surface area contributed by atoms with Gasteiger partial charge in [0.1, 0.15) is 17.3 Å². The Kier molecular flexibility index (Phi) is 3.45. The first-order valence-electron chi connectivity index (χ1n) is 7.68. The van der Waals surface area contributed by atoms with Crippen molar-refractivity contribution >= 4 is 16.9 Å². The molecular formula is C18H14FNO4. The van der Waals surface area contributed by atoms with Gasteiger partial charge in [0.05, 0.1) is 12.0 Å². The maximum atomic E-state index is 14.0. The van der Waals surface area contributed by atoms with Crippen LogP contribution in [0.3, 0.4) is 0 Å². The zero-order chi connectivity index (χ0) is 16.7. The van der Waals surface area contributed by atoms with E-state index in [-0.39, 0.29) is 5.82 Å². The lowest BCUT2D eigenvalue weighted by Crippen LogP contribution is -2.27. The van der Waals surface area contributed by atoms with E-state index in [0.29, 0.717) is 41.0 Å². The summed E-state index contributed by atoms with van der Waals surface area (Å²) in [5, 5.41) is 4.68. The van der Waals surface area contributed by atoms with Crippen LogP contribution in [-0.2, 0) is 16.0 Å². The smallest absolute Gasteiger partial charge is 0.347 e. The summed E-state index contributed by atoms with van der Waals surface area (Å²) in [4.78, 5) is 11.8. The van der Waals surface area contributed by atoms with Crippen molar-refractivity contribution < 1.29 is 23.2 Å². The molecule has 2 aromatic carbocycles. The zero-order valence-corrected chi connectivity index (χ0v) is 12.9. The quantitative estimate of drug-likeness (QED) is 0.689. The maximum Gasteiger partial charge on any atom is 0.347 e. The van der Waals surface area contributed by atoms with Gasteiger partial charge < -0.3 is 14.0 Å². The van der Waals surface area contributed by atoms with Crippen LogP contribution in [0, 0.1) is 5.82 Å². The molecule has 5 nitrogen and oxygen atoms in total. The number of fused-ring (bicyclic) bond motifs is 2. The monoisotopic (exact) mass is 327 g/mol. The molecule has 122 valence electrons. The molecule has 1 aliphatic rings. The lowest BCUT2D eigenvalue weighted by Gasteiger charge is -2.08. The van der Waals surface area contributed by atoms with E-state index in [1.54, 1.807) is 31.2 Å². The highest BCUT2D eigenvalue weighted by Crippen LogP contribution is 2.37. The van der Waals surface area contributed by atoms with Crippen molar-refractivity contribution in [2.75, 3.05) is 6.61 Å². The summed E-state index contributed by atoms with van der Waals surface area (Å²) >= 11 is 0. The molecule has 2 heterocycles. The minimum absolute atomic E-state index is 0.304. The standard InChI is InChI=1S/C18H14FNO4/c1-2-22-18(21)16-8-10-7-12-15(9-14(10)23-16)24-20-17(12)11-5-3-4-6-13(11)19/h3-7,9,16H,2,8H2,1H3. The third kappa shape index (κ3) is 2.31. The van der Waals surface area contributed by atoms with E-state index in [1.807, 2.05) is 6.07 Å². The highest BCUT2D eigenvalue weighted by Gasteiger charge is 2.31. The molecule has 0 spiro atoms. The molecule has 1 atom stereocenters. The molecule has 0 aliphatic carbocycles. The average Bonchev–Trinajstić information content (AvgIpc) is 3.17. The Balaban J connectivity index is 1.75. The van der Waals surface area contributed by atoms with Crippen LogP contribution in [-0.4, -0.2) is 23.8 Å². The minimum Gasteiger partial charge on any atom is -0.478 e. The number of carbonyl (C=O) groups is 1. The molecule has 1 aromatic heterocycles. The number of nitrogens with zero attached hydrogens (tertiary/aromatic N) is 1. The summed E-state index contributed by atoms with van der Waals surface area (Å²) in [5.74, 6) is -0.191. The van der Waals surface area contributed by atoms with Crippen LogP contribution >= 0.6 is 0 Å². The number of carbonyl (C=O) groups excluding carboxylic acids is 1. The summed E-state index contributed by atoms with van der Waals surface area (Å²) in [7, 11) is 0. The van der Waals surface area contributed by atoms with Crippen molar-refractivity contribution in [1.29, 1.82) is 0 Å². The van der Waals surface area contributed by atoms with Gasteiger partial charge in [-0.15, -0.1) is 0 Å². The van der Waals surface area contributed by atoms with Crippen molar-refractivity contribution in [2.24, 2.45) is 0 Å². The van der Waals surface area contributed by atoms with Crippen molar-refractivity contribution in [2.45, 2.75) is 19.4 Å². The van der Waals surface area contributed by atoms with Crippen LogP contribution in [0.2, 0.25) is 0 Å². The highest BCUT2D eigenvalue weighted by atomic mass is 19.1. The van der Waals surface area contributed by atoms with Gasteiger partial charge in [-0.2, -0.15) is 0 Å². The Morgan fingerprint density at radius 2 is 2.21 bits per heavy atom. The lowest BCUT2D eigenvalue weighted by atomic mass is 10.0. The largest absolute Gasteiger partial charge is 0.478 e. The van der Waals surface area contributed by atoms with Crippen LogP contribution < -0.4 is 4.74 Å². The molecule has 24 heavy (non-hydrogen) atoms. The van der Waals surface area contributed by atoms with Crippen LogP contribution in [0.5, 0.6) is 5.75 Å². The Labute approximate surface area is 137 Å². The molecule has 0 saturated heterocycles. The second-order valence-electron chi connectivity index (χ2n) is 5.53. The third-order valence-corrected chi connectivity index (χ3v) is 4.01. The van der Waals surface area contributed by atoms with Gasteiger partial charge in [0.25, 0.3) is 0 Å². The Morgan fingerprint density at radius 3 is 3.00 bits per heavy atom. The number of rotatable bonds is 3. The van der Waals surface area contributed by atoms with Crippen molar-refractivity contribution in [1.82, 2.24) is 5.16 Å². The normalized spacial score (nSPS) is 16.0. The number of benzene rings is 2. The van der Waals surface area contributed by atoms with Gasteiger partial charge in [-0.1, -0.05) is 17.3 Å². The van der Waals surface area contributed by atoms with Gasteiger partial charge in [-0.25, -0.2) is 9.18 Å².